The Morgan fingerprint density at radius 2 is 1.15 bits per heavy atom. The van der Waals surface area contributed by atoms with E-state index in [4.69, 9.17) is 23.2 Å². The molecule has 0 radical (unpaired) electrons. The first-order chi connectivity index (χ1) is 26.3. The molecule has 0 spiro atoms. The molecule has 0 saturated carbocycles. The molecule has 3 aromatic heterocycles. The molecule has 0 aliphatic heterocycles. The van der Waals surface area contributed by atoms with Crippen molar-refractivity contribution in [2.45, 2.75) is 59.7 Å². The lowest BCUT2D eigenvalue weighted by molar-refractivity contribution is -0.274. The van der Waals surface area contributed by atoms with E-state index in [1.54, 1.807) is 43.5 Å². The summed E-state index contributed by atoms with van der Waals surface area (Å²) in [4.78, 5) is 27.1. The number of imidazole rings is 3. The Balaban J connectivity index is 0.000000186. The molecule has 0 amide bonds. The second-order valence-corrected chi connectivity index (χ2v) is 13.1. The highest BCUT2D eigenvalue weighted by Crippen LogP contribution is 2.34. The Kier molecular flexibility index (Phi) is 15.8. The first-order valence-corrected chi connectivity index (χ1v) is 18.0. The predicted molar refractivity (Wildman–Crippen MR) is 206 cm³/mol. The van der Waals surface area contributed by atoms with Gasteiger partial charge in [-0.3, -0.25) is 0 Å². The maximum absolute atomic E-state index is 13.1. The molecule has 55 heavy (non-hydrogen) atoms. The third-order valence-electron chi connectivity index (χ3n) is 8.05. The molecule has 17 heteroatoms. The summed E-state index contributed by atoms with van der Waals surface area (Å²) >= 11 is 11.8. The fourth-order valence-electron chi connectivity index (χ4n) is 5.26. The smallest absolute Gasteiger partial charge is 0.404 e. The van der Waals surface area contributed by atoms with Crippen LogP contribution < -0.4 is 19.4 Å². The topological polar surface area (TPSA) is 105 Å². The number of nitrogens with zero attached hydrogens (tertiary/aromatic N) is 6. The normalized spacial score (nSPS) is 11.0. The van der Waals surface area contributed by atoms with Crippen LogP contribution in [0.2, 0.25) is 10.0 Å². The highest BCUT2D eigenvalue weighted by molar-refractivity contribution is 6.32. The minimum Gasteiger partial charge on any atom is -0.404 e. The van der Waals surface area contributed by atoms with Gasteiger partial charge in [0.15, 0.2) is 11.6 Å². The van der Waals surface area contributed by atoms with Crippen LogP contribution in [0.25, 0.3) is 0 Å². The van der Waals surface area contributed by atoms with Crippen LogP contribution in [0.4, 0.5) is 39.0 Å². The largest absolute Gasteiger partial charge is 0.573 e. The predicted octanol–water partition coefficient (Wildman–Crippen LogP) is 10.2. The zero-order chi connectivity index (χ0) is 40.0. The van der Waals surface area contributed by atoms with E-state index in [0.29, 0.717) is 31.0 Å². The number of hydrogen-bond acceptors (Lipinski definition) is 7. The quantitative estimate of drug-likeness (QED) is 0.0999. The van der Waals surface area contributed by atoms with Crippen molar-refractivity contribution < 1.29 is 26.7 Å². The van der Waals surface area contributed by atoms with Gasteiger partial charge < -0.3 is 34.4 Å². The Morgan fingerprint density at radius 1 is 0.655 bits per heavy atom. The first kappa shape index (κ1) is 42.5. The van der Waals surface area contributed by atoms with Gasteiger partial charge in [-0.25, -0.2) is 23.7 Å². The van der Waals surface area contributed by atoms with Crippen LogP contribution in [-0.4, -0.2) is 55.4 Å². The van der Waals surface area contributed by atoms with E-state index < -0.39 is 23.7 Å². The monoisotopic (exact) mass is 805 g/mol. The summed E-state index contributed by atoms with van der Waals surface area (Å²) in [6.45, 7) is 11.6. The number of aromatic amines is 3. The number of halogens is 7. The highest BCUT2D eigenvalue weighted by atomic mass is 35.5. The van der Waals surface area contributed by atoms with E-state index in [-0.39, 0.29) is 11.1 Å². The van der Waals surface area contributed by atoms with Gasteiger partial charge in [-0.05, 0) is 82.3 Å². The maximum Gasteiger partial charge on any atom is 0.573 e. The second kappa shape index (κ2) is 20.4. The van der Waals surface area contributed by atoms with Gasteiger partial charge in [0.2, 0.25) is 0 Å². The molecule has 3 N–H and O–H groups in total. The van der Waals surface area contributed by atoms with Crippen molar-refractivity contribution in [1.29, 1.82) is 0 Å². The van der Waals surface area contributed by atoms with E-state index >= 15 is 0 Å². The number of alkyl halides is 3. The molecule has 3 aromatic carbocycles. The lowest BCUT2D eigenvalue weighted by Crippen LogP contribution is -2.30. The zero-order valence-corrected chi connectivity index (χ0v) is 32.1. The number of anilines is 3. The van der Waals surface area contributed by atoms with Crippen LogP contribution in [0.5, 0.6) is 5.75 Å². The number of aromatic nitrogens is 6. The van der Waals surface area contributed by atoms with Crippen molar-refractivity contribution >= 4 is 40.3 Å². The van der Waals surface area contributed by atoms with Crippen molar-refractivity contribution in [2.24, 2.45) is 0 Å². The van der Waals surface area contributed by atoms with E-state index in [0.717, 1.165) is 41.3 Å². The molecule has 0 aliphatic carbocycles. The van der Waals surface area contributed by atoms with Gasteiger partial charge in [0.05, 0.1) is 60.7 Å². The molecule has 0 unspecified atom stereocenters. The van der Waals surface area contributed by atoms with Crippen molar-refractivity contribution in [3.63, 3.8) is 0 Å². The second-order valence-electron chi connectivity index (χ2n) is 12.2. The average molecular weight is 807 g/mol. The van der Waals surface area contributed by atoms with E-state index in [9.17, 15) is 22.0 Å². The molecular formula is C38H42Cl2F5N9O. The minimum atomic E-state index is -4.77. The van der Waals surface area contributed by atoms with Crippen molar-refractivity contribution in [2.75, 3.05) is 27.8 Å². The molecular weight excluding hydrogens is 764 g/mol. The van der Waals surface area contributed by atoms with Crippen molar-refractivity contribution in [3.05, 3.63) is 137 Å². The molecule has 0 aliphatic rings. The van der Waals surface area contributed by atoms with E-state index in [1.165, 1.54) is 23.9 Å². The van der Waals surface area contributed by atoms with Crippen LogP contribution in [0, 0.1) is 11.6 Å². The fraction of sp³-hybridized carbons (Fsp3) is 0.289. The number of nitrogens with one attached hydrogen (secondary N) is 3. The van der Waals surface area contributed by atoms with Crippen LogP contribution in [0.15, 0.2) is 98.2 Å². The summed E-state index contributed by atoms with van der Waals surface area (Å²) in [6.07, 6.45) is 5.35. The van der Waals surface area contributed by atoms with E-state index in [1.807, 2.05) is 61.0 Å². The Morgan fingerprint density at radius 3 is 1.58 bits per heavy atom. The Bertz CT molecular complexity index is 1980. The van der Waals surface area contributed by atoms with E-state index in [2.05, 4.69) is 46.5 Å². The standard InChI is InChI=1S/C14H15ClF3N3O.C12H14ClN3.C12H13F2N3/c1-9(2)21(7-10-6-19-8-20-10)11-3-4-13(12(15)5-11)22-14(16,17)18;1-2-16(8-11-7-14-9-15-11)12-5-3-10(13)4-6-12;1-2-17(7-9-6-15-8-16-9)10-3-4-11(13)12(14)5-10/h3-6,8-9H,7H2,1-2H3,(H,19,20);3-7,9H,2,8H2,1H3,(H,14,15);3-6,8H,2,7H2,1H3,(H,15,16). The molecule has 0 fully saturated rings. The van der Waals surface area contributed by atoms with Gasteiger partial charge in [0.25, 0.3) is 0 Å². The van der Waals surface area contributed by atoms with Crippen LogP contribution >= 0.6 is 23.2 Å². The fourth-order valence-corrected chi connectivity index (χ4v) is 5.60. The molecule has 3 heterocycles. The van der Waals surface area contributed by atoms with Crippen LogP contribution in [0.3, 0.4) is 0 Å². The van der Waals surface area contributed by atoms with Gasteiger partial charge in [-0.15, -0.1) is 13.2 Å². The Hall–Kier alpha value is -5.28. The minimum absolute atomic E-state index is 0.0925. The van der Waals surface area contributed by atoms with Crippen LogP contribution in [-0.2, 0) is 19.6 Å². The summed E-state index contributed by atoms with van der Waals surface area (Å²) in [5, 5.41) is 0.673. The SMILES string of the molecule is CC(C)N(Cc1cnc[nH]1)c1ccc(OC(F)(F)F)c(Cl)c1.CCN(Cc1cnc[nH]1)c1ccc(Cl)cc1.CCN(Cc1cnc[nH]1)c1ccc(F)c(F)c1. The third kappa shape index (κ3) is 13.5. The van der Waals surface area contributed by atoms with Crippen molar-refractivity contribution in [3.8, 4) is 5.75 Å². The number of benzene rings is 3. The maximum atomic E-state index is 13.1. The summed E-state index contributed by atoms with van der Waals surface area (Å²) in [7, 11) is 0. The molecule has 6 aromatic rings. The Labute approximate surface area is 326 Å². The van der Waals surface area contributed by atoms with Gasteiger partial charge in [-0.2, -0.15) is 0 Å². The van der Waals surface area contributed by atoms with Crippen molar-refractivity contribution in [1.82, 2.24) is 29.9 Å². The highest BCUT2D eigenvalue weighted by Gasteiger charge is 2.32. The molecule has 0 atom stereocenters. The summed E-state index contributed by atoms with van der Waals surface area (Å²) in [5.74, 6) is -2.07. The van der Waals surface area contributed by atoms with Gasteiger partial charge in [-0.1, -0.05) is 23.2 Å². The third-order valence-corrected chi connectivity index (χ3v) is 8.59. The summed E-state index contributed by atoms with van der Waals surface area (Å²) < 4.78 is 66.6. The molecule has 0 bridgehead atoms. The molecule has 6 rings (SSSR count). The molecule has 294 valence electrons. The number of H-pyrrole nitrogens is 3. The lowest BCUT2D eigenvalue weighted by atomic mass is 10.2. The van der Waals surface area contributed by atoms with Crippen LogP contribution in [0.1, 0.15) is 44.8 Å². The molecule has 0 saturated heterocycles. The number of ether oxygens (including phenoxy) is 1. The average Bonchev–Trinajstić information content (AvgIpc) is 3.97. The summed E-state index contributed by atoms with van der Waals surface area (Å²) in [5.41, 5.74) is 5.44. The van der Waals surface area contributed by atoms with Gasteiger partial charge in [0, 0.05) is 65.9 Å². The zero-order valence-electron chi connectivity index (χ0n) is 30.6. The van der Waals surface area contributed by atoms with Gasteiger partial charge >= 0.3 is 6.36 Å². The number of rotatable bonds is 13. The summed E-state index contributed by atoms with van der Waals surface area (Å²) in [6, 6.07) is 16.1. The molecule has 10 nitrogen and oxygen atoms in total. The lowest BCUT2D eigenvalue weighted by Gasteiger charge is -2.29. The first-order valence-electron chi connectivity index (χ1n) is 17.2. The number of hydrogen-bond donors (Lipinski definition) is 3. The van der Waals surface area contributed by atoms with Gasteiger partial charge in [0.1, 0.15) is 5.75 Å².